The van der Waals surface area contributed by atoms with Crippen LogP contribution in [0.3, 0.4) is 0 Å². The molecule has 108 valence electrons. The fourth-order valence-electron chi connectivity index (χ4n) is 2.33. The first-order chi connectivity index (χ1) is 10.1. The van der Waals surface area contributed by atoms with Gasteiger partial charge in [0.25, 0.3) is 0 Å². The molecular weight excluding hydrogens is 286 g/mol. The third-order valence-electron chi connectivity index (χ3n) is 3.25. The molecule has 0 radical (unpaired) electrons. The van der Waals surface area contributed by atoms with E-state index in [1.54, 1.807) is 17.4 Å². The van der Waals surface area contributed by atoms with Crippen molar-refractivity contribution in [3.8, 4) is 0 Å². The maximum absolute atomic E-state index is 10.9. The van der Waals surface area contributed by atoms with E-state index in [1.807, 2.05) is 18.2 Å². The first-order valence-corrected chi connectivity index (χ1v) is 7.46. The second-order valence-electron chi connectivity index (χ2n) is 5.04. The lowest BCUT2D eigenvalue weighted by Crippen LogP contribution is -2.16. The van der Waals surface area contributed by atoms with Gasteiger partial charge in [-0.1, -0.05) is 12.1 Å². The number of benzene rings is 1. The van der Waals surface area contributed by atoms with Gasteiger partial charge < -0.3 is 9.52 Å². The molecule has 5 heteroatoms. The van der Waals surface area contributed by atoms with E-state index in [4.69, 9.17) is 9.52 Å². The van der Waals surface area contributed by atoms with Crippen LogP contribution < -0.4 is 0 Å². The Hall–Kier alpha value is -2.11. The summed E-state index contributed by atoms with van der Waals surface area (Å²) < 4.78 is 5.26. The zero-order valence-electron chi connectivity index (χ0n) is 11.6. The summed E-state index contributed by atoms with van der Waals surface area (Å²) in [5.41, 5.74) is 1.75. The molecule has 2 heterocycles. The van der Waals surface area contributed by atoms with Crippen LogP contribution in [-0.4, -0.2) is 23.0 Å². The second-order valence-corrected chi connectivity index (χ2v) is 6.07. The Bertz CT molecular complexity index is 761. The van der Waals surface area contributed by atoms with Gasteiger partial charge in [0, 0.05) is 23.4 Å². The maximum Gasteiger partial charge on any atom is 0.371 e. The number of rotatable bonds is 5. The fraction of sp³-hybridized carbons (Fsp3) is 0.188. The first-order valence-electron chi connectivity index (χ1n) is 6.58. The number of thiophene rings is 1. The van der Waals surface area contributed by atoms with E-state index in [9.17, 15) is 4.79 Å². The van der Waals surface area contributed by atoms with Gasteiger partial charge in [-0.15, -0.1) is 11.3 Å². The summed E-state index contributed by atoms with van der Waals surface area (Å²) in [5, 5.41) is 11.8. The summed E-state index contributed by atoms with van der Waals surface area (Å²) in [6.45, 7) is 1.71. The number of carboxylic acid groups (broad SMARTS) is 1. The van der Waals surface area contributed by atoms with Crippen molar-refractivity contribution >= 4 is 28.3 Å². The lowest BCUT2D eigenvalue weighted by Gasteiger charge is -2.15. The summed E-state index contributed by atoms with van der Waals surface area (Å²) in [6.07, 6.45) is 0. The zero-order chi connectivity index (χ0) is 14.8. The van der Waals surface area contributed by atoms with Crippen LogP contribution in [0.15, 0.2) is 46.2 Å². The molecule has 0 atom stereocenters. The summed E-state index contributed by atoms with van der Waals surface area (Å²) >= 11 is 1.75. The Morgan fingerprint density at radius 3 is 2.86 bits per heavy atom. The molecule has 0 saturated carbocycles. The number of furan rings is 1. The summed E-state index contributed by atoms with van der Waals surface area (Å²) in [7, 11) is 2.07. The van der Waals surface area contributed by atoms with Gasteiger partial charge >= 0.3 is 5.97 Å². The smallest absolute Gasteiger partial charge is 0.371 e. The van der Waals surface area contributed by atoms with Crippen molar-refractivity contribution in [2.75, 3.05) is 7.05 Å². The number of carbonyl (C=O) groups is 1. The van der Waals surface area contributed by atoms with Crippen LogP contribution in [0.5, 0.6) is 0 Å². The molecule has 3 rings (SSSR count). The normalized spacial score (nSPS) is 11.3. The minimum Gasteiger partial charge on any atom is -0.475 e. The van der Waals surface area contributed by atoms with Gasteiger partial charge in [0.15, 0.2) is 0 Å². The van der Waals surface area contributed by atoms with Gasteiger partial charge in [-0.3, -0.25) is 4.90 Å². The average molecular weight is 301 g/mol. The molecule has 2 aromatic heterocycles. The van der Waals surface area contributed by atoms with E-state index in [0.717, 1.165) is 24.0 Å². The molecule has 21 heavy (non-hydrogen) atoms. The highest BCUT2D eigenvalue weighted by Gasteiger charge is 2.11. The number of carboxylic acids is 1. The van der Waals surface area contributed by atoms with E-state index < -0.39 is 5.97 Å². The van der Waals surface area contributed by atoms with Crippen molar-refractivity contribution in [2.24, 2.45) is 0 Å². The number of hydrogen-bond acceptors (Lipinski definition) is 4. The summed E-state index contributed by atoms with van der Waals surface area (Å²) in [6, 6.07) is 11.5. The van der Waals surface area contributed by atoms with Crippen LogP contribution in [0.1, 0.15) is 21.0 Å². The fourth-order valence-corrected chi connectivity index (χ4v) is 3.12. The van der Waals surface area contributed by atoms with E-state index in [-0.39, 0.29) is 5.76 Å². The molecule has 0 aliphatic carbocycles. The van der Waals surface area contributed by atoms with Crippen molar-refractivity contribution in [1.82, 2.24) is 4.90 Å². The predicted octanol–water partition coefficient (Wildman–Crippen LogP) is 3.82. The molecule has 0 aliphatic heterocycles. The van der Waals surface area contributed by atoms with Crippen molar-refractivity contribution in [3.05, 3.63) is 58.0 Å². The van der Waals surface area contributed by atoms with E-state index in [0.29, 0.717) is 5.58 Å². The molecule has 4 nitrogen and oxygen atoms in total. The Kier molecular flexibility index (Phi) is 3.77. The van der Waals surface area contributed by atoms with E-state index in [2.05, 4.69) is 29.5 Å². The van der Waals surface area contributed by atoms with Crippen molar-refractivity contribution < 1.29 is 14.3 Å². The SMILES string of the molecule is CN(Cc1ccc2oc(C(=O)O)cc2c1)Cc1cccs1. The Morgan fingerprint density at radius 2 is 2.14 bits per heavy atom. The predicted molar refractivity (Wildman–Crippen MR) is 82.7 cm³/mol. The summed E-state index contributed by atoms with van der Waals surface area (Å²) in [5.74, 6) is -1.06. The highest BCUT2D eigenvalue weighted by molar-refractivity contribution is 7.09. The van der Waals surface area contributed by atoms with Crippen molar-refractivity contribution in [1.29, 1.82) is 0 Å². The van der Waals surface area contributed by atoms with Gasteiger partial charge in [0.2, 0.25) is 5.76 Å². The molecule has 0 saturated heterocycles. The van der Waals surface area contributed by atoms with Gasteiger partial charge in [-0.05, 0) is 42.3 Å². The largest absolute Gasteiger partial charge is 0.475 e. The van der Waals surface area contributed by atoms with Gasteiger partial charge in [-0.25, -0.2) is 4.79 Å². The zero-order valence-corrected chi connectivity index (χ0v) is 12.4. The lowest BCUT2D eigenvalue weighted by atomic mass is 10.1. The van der Waals surface area contributed by atoms with Crippen LogP contribution in [0.2, 0.25) is 0 Å². The number of hydrogen-bond donors (Lipinski definition) is 1. The van der Waals surface area contributed by atoms with Crippen LogP contribution in [-0.2, 0) is 13.1 Å². The van der Waals surface area contributed by atoms with Crippen LogP contribution in [0, 0.1) is 0 Å². The minimum atomic E-state index is -1.04. The molecule has 1 N–H and O–H groups in total. The maximum atomic E-state index is 10.9. The molecule has 0 aliphatic rings. The van der Waals surface area contributed by atoms with Crippen LogP contribution in [0.4, 0.5) is 0 Å². The summed E-state index contributed by atoms with van der Waals surface area (Å²) in [4.78, 5) is 14.5. The van der Waals surface area contributed by atoms with Gasteiger partial charge in [0.05, 0.1) is 0 Å². The van der Waals surface area contributed by atoms with E-state index >= 15 is 0 Å². The third kappa shape index (κ3) is 3.15. The molecule has 0 spiro atoms. The quantitative estimate of drug-likeness (QED) is 0.778. The number of nitrogens with zero attached hydrogens (tertiary/aromatic N) is 1. The van der Waals surface area contributed by atoms with E-state index in [1.165, 1.54) is 4.88 Å². The number of aromatic carboxylic acids is 1. The molecule has 0 amide bonds. The first kappa shape index (κ1) is 13.9. The van der Waals surface area contributed by atoms with Crippen molar-refractivity contribution in [2.45, 2.75) is 13.1 Å². The molecule has 0 unspecified atom stereocenters. The monoisotopic (exact) mass is 301 g/mol. The van der Waals surface area contributed by atoms with Crippen LogP contribution >= 0.6 is 11.3 Å². The average Bonchev–Trinajstić information content (AvgIpc) is 3.06. The molecule has 3 aromatic rings. The van der Waals surface area contributed by atoms with Crippen LogP contribution in [0.25, 0.3) is 11.0 Å². The topological polar surface area (TPSA) is 53.7 Å². The minimum absolute atomic E-state index is 0.0194. The number of fused-ring (bicyclic) bond motifs is 1. The Balaban J connectivity index is 1.76. The molecular formula is C16H15NO3S. The molecule has 0 fully saturated rings. The standard InChI is InChI=1S/C16H15NO3S/c1-17(10-13-3-2-6-21-13)9-11-4-5-14-12(7-11)8-15(20-14)16(18)19/h2-8H,9-10H2,1H3,(H,18,19). The van der Waals surface area contributed by atoms with Crippen molar-refractivity contribution in [3.63, 3.8) is 0 Å². The third-order valence-corrected chi connectivity index (χ3v) is 4.11. The highest BCUT2D eigenvalue weighted by Crippen LogP contribution is 2.22. The van der Waals surface area contributed by atoms with Gasteiger partial charge in [0.1, 0.15) is 5.58 Å². The second kappa shape index (κ2) is 5.71. The highest BCUT2D eigenvalue weighted by atomic mass is 32.1. The van der Waals surface area contributed by atoms with Gasteiger partial charge in [-0.2, -0.15) is 0 Å². The molecule has 1 aromatic carbocycles. The molecule has 0 bridgehead atoms. The Morgan fingerprint density at radius 1 is 1.29 bits per heavy atom. The lowest BCUT2D eigenvalue weighted by molar-refractivity contribution is 0.0665. The Labute approximate surface area is 126 Å².